The molecular weight excluding hydrogens is 425 g/mol. The molecule has 0 saturated heterocycles. The Balaban J connectivity index is 0.00000196. The predicted octanol–water partition coefficient (Wildman–Crippen LogP) is 4.10. The van der Waals surface area contributed by atoms with Gasteiger partial charge in [-0.1, -0.05) is 18.5 Å². The monoisotopic (exact) mass is 445 g/mol. The van der Waals surface area contributed by atoms with Crippen LogP contribution in [0.3, 0.4) is 0 Å². The van der Waals surface area contributed by atoms with Crippen LogP contribution < -0.4 is 20.9 Å². The van der Waals surface area contributed by atoms with Crippen LogP contribution in [0.15, 0.2) is 30.5 Å². The van der Waals surface area contributed by atoms with E-state index in [1.54, 1.807) is 12.3 Å². The molecule has 0 saturated carbocycles. The van der Waals surface area contributed by atoms with Crippen LogP contribution in [-0.2, 0) is 6.42 Å². The molecule has 3 rings (SSSR count). The Labute approximate surface area is 180 Å². The summed E-state index contributed by atoms with van der Waals surface area (Å²) in [5.74, 6) is 1.63. The molecule has 7 nitrogen and oxygen atoms in total. The molecule has 2 aromatic heterocycles. The van der Waals surface area contributed by atoms with Crippen LogP contribution >= 0.6 is 36.4 Å². The summed E-state index contributed by atoms with van der Waals surface area (Å²) in [7, 11) is 0. The lowest BCUT2D eigenvalue weighted by atomic mass is 10.2. The second-order valence-electron chi connectivity index (χ2n) is 5.62. The molecule has 0 aliphatic carbocycles. The van der Waals surface area contributed by atoms with E-state index in [1.165, 1.54) is 0 Å². The SMILES string of the molecule is CCc1nc(N)nc(N)c1OCCCOc1ccnc2ccc(Cl)cc12.Cl.Cl. The third kappa shape index (κ3) is 5.64. The van der Waals surface area contributed by atoms with Crippen molar-refractivity contribution in [3.8, 4) is 11.5 Å². The minimum Gasteiger partial charge on any atom is -0.493 e. The Hall–Kier alpha value is -2.22. The van der Waals surface area contributed by atoms with Crippen LogP contribution in [0.2, 0.25) is 5.02 Å². The highest BCUT2D eigenvalue weighted by Crippen LogP contribution is 2.27. The Morgan fingerprint density at radius 2 is 1.79 bits per heavy atom. The summed E-state index contributed by atoms with van der Waals surface area (Å²) in [6, 6.07) is 7.33. The summed E-state index contributed by atoms with van der Waals surface area (Å²) in [5, 5.41) is 1.52. The molecule has 0 aliphatic heterocycles. The van der Waals surface area contributed by atoms with Crippen molar-refractivity contribution in [2.45, 2.75) is 19.8 Å². The lowest BCUT2D eigenvalue weighted by Gasteiger charge is -2.13. The van der Waals surface area contributed by atoms with E-state index in [9.17, 15) is 0 Å². The maximum absolute atomic E-state index is 6.06. The van der Waals surface area contributed by atoms with Gasteiger partial charge in [0.15, 0.2) is 11.6 Å². The number of halogens is 3. The maximum Gasteiger partial charge on any atom is 0.222 e. The lowest BCUT2D eigenvalue weighted by Crippen LogP contribution is -2.11. The summed E-state index contributed by atoms with van der Waals surface area (Å²) >= 11 is 6.06. The van der Waals surface area contributed by atoms with Crippen molar-refractivity contribution in [2.24, 2.45) is 0 Å². The van der Waals surface area contributed by atoms with Crippen LogP contribution in [0.25, 0.3) is 10.9 Å². The van der Waals surface area contributed by atoms with Crippen LogP contribution in [-0.4, -0.2) is 28.2 Å². The van der Waals surface area contributed by atoms with Crippen molar-refractivity contribution in [1.29, 1.82) is 0 Å². The van der Waals surface area contributed by atoms with E-state index in [0.717, 1.165) is 16.7 Å². The normalized spacial score (nSPS) is 10.1. The smallest absolute Gasteiger partial charge is 0.222 e. The number of hydrogen-bond donors (Lipinski definition) is 2. The maximum atomic E-state index is 6.06. The third-order valence-corrected chi connectivity index (χ3v) is 4.01. The van der Waals surface area contributed by atoms with Gasteiger partial charge in [-0.25, -0.2) is 4.98 Å². The van der Waals surface area contributed by atoms with Crippen LogP contribution in [0, 0.1) is 0 Å². The van der Waals surface area contributed by atoms with Gasteiger partial charge >= 0.3 is 0 Å². The van der Waals surface area contributed by atoms with E-state index < -0.39 is 0 Å². The number of ether oxygens (including phenoxy) is 2. The molecule has 0 atom stereocenters. The fourth-order valence-electron chi connectivity index (χ4n) is 2.57. The van der Waals surface area contributed by atoms with Gasteiger partial charge < -0.3 is 20.9 Å². The van der Waals surface area contributed by atoms with E-state index in [1.807, 2.05) is 25.1 Å². The molecule has 0 bridgehead atoms. The Morgan fingerprint density at radius 1 is 1.04 bits per heavy atom. The fourth-order valence-corrected chi connectivity index (χ4v) is 2.74. The van der Waals surface area contributed by atoms with E-state index in [2.05, 4.69) is 15.0 Å². The molecule has 2 heterocycles. The highest BCUT2D eigenvalue weighted by Gasteiger charge is 2.11. The van der Waals surface area contributed by atoms with E-state index in [4.69, 9.17) is 32.5 Å². The predicted molar refractivity (Wildman–Crippen MR) is 117 cm³/mol. The van der Waals surface area contributed by atoms with Gasteiger partial charge in [-0.2, -0.15) is 4.98 Å². The number of benzene rings is 1. The zero-order valence-electron chi connectivity index (χ0n) is 15.2. The van der Waals surface area contributed by atoms with Gasteiger partial charge in [-0.05, 0) is 30.7 Å². The molecule has 0 spiro atoms. The Morgan fingerprint density at radius 3 is 2.54 bits per heavy atom. The summed E-state index contributed by atoms with van der Waals surface area (Å²) in [6.07, 6.45) is 3.03. The first-order valence-electron chi connectivity index (χ1n) is 8.30. The third-order valence-electron chi connectivity index (χ3n) is 3.77. The first-order valence-corrected chi connectivity index (χ1v) is 8.68. The molecule has 0 aliphatic rings. The van der Waals surface area contributed by atoms with Crippen molar-refractivity contribution in [2.75, 3.05) is 24.7 Å². The molecule has 1 aromatic carbocycles. The van der Waals surface area contributed by atoms with Gasteiger partial charge in [-0.15, -0.1) is 24.8 Å². The number of anilines is 2. The molecule has 0 amide bonds. The summed E-state index contributed by atoms with van der Waals surface area (Å²) in [6.45, 7) is 2.86. The molecule has 0 unspecified atom stereocenters. The van der Waals surface area contributed by atoms with E-state index in [0.29, 0.717) is 42.5 Å². The first kappa shape index (κ1) is 23.8. The Bertz CT molecular complexity index is 927. The van der Waals surface area contributed by atoms with Gasteiger partial charge in [-0.3, -0.25) is 4.98 Å². The van der Waals surface area contributed by atoms with Gasteiger partial charge in [0.25, 0.3) is 0 Å². The number of fused-ring (bicyclic) bond motifs is 1. The van der Waals surface area contributed by atoms with E-state index in [-0.39, 0.29) is 36.6 Å². The number of pyridine rings is 1. The van der Waals surface area contributed by atoms with Crippen LogP contribution in [0.4, 0.5) is 11.8 Å². The average Bonchev–Trinajstić information content (AvgIpc) is 2.62. The topological polar surface area (TPSA) is 109 Å². The quantitative estimate of drug-likeness (QED) is 0.526. The average molecular weight is 447 g/mol. The van der Waals surface area contributed by atoms with Crippen molar-refractivity contribution in [3.05, 3.63) is 41.2 Å². The second-order valence-corrected chi connectivity index (χ2v) is 6.05. The zero-order valence-corrected chi connectivity index (χ0v) is 17.6. The van der Waals surface area contributed by atoms with Crippen molar-refractivity contribution < 1.29 is 9.47 Å². The summed E-state index contributed by atoms with van der Waals surface area (Å²) in [5.41, 5.74) is 13.0. The van der Waals surface area contributed by atoms with Gasteiger partial charge in [0, 0.05) is 23.0 Å². The van der Waals surface area contributed by atoms with Crippen molar-refractivity contribution in [1.82, 2.24) is 15.0 Å². The standard InChI is InChI=1S/C18H20ClN5O2.2ClH/c1-2-13-16(17(20)24-18(21)23-13)26-9-3-8-25-15-6-7-22-14-5-4-11(19)10-12(14)15;;/h4-7,10H,2-3,8-9H2,1H3,(H4,20,21,23,24);2*1H. The molecule has 3 aromatic rings. The largest absolute Gasteiger partial charge is 0.493 e. The number of rotatable bonds is 7. The number of aromatic nitrogens is 3. The van der Waals surface area contributed by atoms with Gasteiger partial charge in [0.05, 0.1) is 24.4 Å². The van der Waals surface area contributed by atoms with Crippen molar-refractivity contribution >= 4 is 59.1 Å². The first-order chi connectivity index (χ1) is 12.6. The number of nitrogens with two attached hydrogens (primary N) is 2. The van der Waals surface area contributed by atoms with Crippen LogP contribution in [0.5, 0.6) is 11.5 Å². The number of nitrogens with zero attached hydrogens (tertiary/aromatic N) is 3. The van der Waals surface area contributed by atoms with Crippen LogP contribution in [0.1, 0.15) is 19.0 Å². The number of hydrogen-bond acceptors (Lipinski definition) is 7. The summed E-state index contributed by atoms with van der Waals surface area (Å²) < 4.78 is 11.6. The minimum absolute atomic E-state index is 0. The Kier molecular flexibility index (Phi) is 9.31. The molecular formula is C18H22Cl3N5O2. The highest BCUT2D eigenvalue weighted by molar-refractivity contribution is 6.31. The number of nitrogen functional groups attached to an aromatic ring is 2. The summed E-state index contributed by atoms with van der Waals surface area (Å²) in [4.78, 5) is 12.4. The molecule has 152 valence electrons. The van der Waals surface area contributed by atoms with Gasteiger partial charge in [0.1, 0.15) is 5.75 Å². The molecule has 28 heavy (non-hydrogen) atoms. The molecule has 10 heteroatoms. The highest BCUT2D eigenvalue weighted by atomic mass is 35.5. The van der Waals surface area contributed by atoms with Gasteiger partial charge in [0.2, 0.25) is 5.95 Å². The number of aryl methyl sites for hydroxylation is 1. The zero-order chi connectivity index (χ0) is 18.5. The molecule has 0 radical (unpaired) electrons. The van der Waals surface area contributed by atoms with E-state index >= 15 is 0 Å². The minimum atomic E-state index is 0. The molecule has 0 fully saturated rings. The fraction of sp³-hybridized carbons (Fsp3) is 0.278. The second kappa shape index (κ2) is 10.9. The lowest BCUT2D eigenvalue weighted by molar-refractivity contribution is 0.247. The van der Waals surface area contributed by atoms with Crippen molar-refractivity contribution in [3.63, 3.8) is 0 Å². The molecule has 4 N–H and O–H groups in total.